The lowest BCUT2D eigenvalue weighted by Crippen LogP contribution is -2.28. The summed E-state index contributed by atoms with van der Waals surface area (Å²) < 4.78 is 5.46. The number of nitrogens with zero attached hydrogens (tertiary/aromatic N) is 3. The molecule has 1 fully saturated rings. The van der Waals surface area contributed by atoms with Gasteiger partial charge in [0.25, 0.3) is 5.89 Å². The Morgan fingerprint density at radius 1 is 0.971 bits per heavy atom. The van der Waals surface area contributed by atoms with Crippen LogP contribution in [0, 0.1) is 19.8 Å². The Morgan fingerprint density at radius 3 is 2.41 bits per heavy atom. The number of carbonyl (C=O) groups is 2. The van der Waals surface area contributed by atoms with Gasteiger partial charge in [0, 0.05) is 35.5 Å². The van der Waals surface area contributed by atoms with Crippen LogP contribution in [0.15, 0.2) is 77.3 Å². The second kappa shape index (κ2) is 8.94. The van der Waals surface area contributed by atoms with Crippen molar-refractivity contribution in [1.29, 1.82) is 0 Å². The number of amides is 2. The van der Waals surface area contributed by atoms with E-state index in [1.54, 1.807) is 17.0 Å². The number of rotatable bonds is 5. The van der Waals surface area contributed by atoms with Gasteiger partial charge in [-0.15, -0.1) is 0 Å². The molecule has 170 valence electrons. The first-order valence-corrected chi connectivity index (χ1v) is 11.2. The molecule has 0 aliphatic carbocycles. The number of benzene rings is 3. The molecule has 0 saturated carbocycles. The van der Waals surface area contributed by atoms with Gasteiger partial charge in [-0.25, -0.2) is 0 Å². The molecule has 34 heavy (non-hydrogen) atoms. The fraction of sp³-hybridized carbons (Fsp3) is 0.185. The third-order valence-electron chi connectivity index (χ3n) is 5.95. The van der Waals surface area contributed by atoms with Gasteiger partial charge in [0.05, 0.1) is 5.92 Å². The molecule has 0 unspecified atom stereocenters. The smallest absolute Gasteiger partial charge is 0.258 e. The molecule has 0 spiro atoms. The Bertz CT molecular complexity index is 1340. The van der Waals surface area contributed by atoms with E-state index >= 15 is 0 Å². The van der Waals surface area contributed by atoms with Gasteiger partial charge < -0.3 is 14.7 Å². The lowest BCUT2D eigenvalue weighted by Gasteiger charge is -2.17. The number of hydrogen-bond acceptors (Lipinski definition) is 5. The molecule has 0 radical (unpaired) electrons. The van der Waals surface area contributed by atoms with Crippen molar-refractivity contribution in [2.45, 2.75) is 20.3 Å². The quantitative estimate of drug-likeness (QED) is 0.460. The molecule has 1 N–H and O–H groups in total. The SMILES string of the molecule is Cc1ccc(-c2noc(-c3cccc(NC(=O)[C@@H]4CC(=O)N(c5ccc(C)cc5)C4)c3)n2)cc1. The molecular formula is C27H24N4O3. The normalized spacial score (nSPS) is 15.5. The highest BCUT2D eigenvalue weighted by molar-refractivity contribution is 6.03. The minimum absolute atomic E-state index is 0.0488. The van der Waals surface area contributed by atoms with Gasteiger partial charge in [-0.1, -0.05) is 58.7 Å². The number of carbonyl (C=O) groups excluding carboxylic acids is 2. The van der Waals surface area contributed by atoms with Crippen LogP contribution >= 0.6 is 0 Å². The van der Waals surface area contributed by atoms with Crippen molar-refractivity contribution in [3.63, 3.8) is 0 Å². The fourth-order valence-electron chi connectivity index (χ4n) is 3.99. The molecule has 7 nitrogen and oxygen atoms in total. The summed E-state index contributed by atoms with van der Waals surface area (Å²) in [5, 5.41) is 7.01. The van der Waals surface area contributed by atoms with Crippen molar-refractivity contribution in [1.82, 2.24) is 10.1 Å². The zero-order chi connectivity index (χ0) is 23.7. The lowest BCUT2D eigenvalue weighted by atomic mass is 10.1. The van der Waals surface area contributed by atoms with Crippen molar-refractivity contribution in [3.05, 3.63) is 83.9 Å². The fourth-order valence-corrected chi connectivity index (χ4v) is 3.99. The third kappa shape index (κ3) is 4.45. The van der Waals surface area contributed by atoms with E-state index in [0.29, 0.717) is 29.5 Å². The summed E-state index contributed by atoms with van der Waals surface area (Å²) in [4.78, 5) is 31.6. The minimum Gasteiger partial charge on any atom is -0.334 e. The molecule has 1 saturated heterocycles. The number of aryl methyl sites for hydroxylation is 2. The Kier molecular flexibility index (Phi) is 5.67. The summed E-state index contributed by atoms with van der Waals surface area (Å²) in [6.45, 7) is 4.38. The van der Waals surface area contributed by atoms with Crippen molar-refractivity contribution in [2.75, 3.05) is 16.8 Å². The Hall–Kier alpha value is -4.26. The summed E-state index contributed by atoms with van der Waals surface area (Å²) in [6, 6.07) is 22.9. The number of nitrogens with one attached hydrogen (secondary N) is 1. The van der Waals surface area contributed by atoms with E-state index < -0.39 is 5.92 Å². The van der Waals surface area contributed by atoms with Crippen LogP contribution in [0.2, 0.25) is 0 Å². The number of hydrogen-bond donors (Lipinski definition) is 1. The lowest BCUT2D eigenvalue weighted by molar-refractivity contribution is -0.122. The molecule has 7 heteroatoms. The van der Waals surface area contributed by atoms with Crippen molar-refractivity contribution in [2.24, 2.45) is 5.92 Å². The largest absolute Gasteiger partial charge is 0.334 e. The third-order valence-corrected chi connectivity index (χ3v) is 5.95. The van der Waals surface area contributed by atoms with E-state index in [2.05, 4.69) is 15.5 Å². The van der Waals surface area contributed by atoms with Gasteiger partial charge in [0.15, 0.2) is 0 Å². The van der Waals surface area contributed by atoms with Crippen molar-refractivity contribution in [3.8, 4) is 22.8 Å². The number of aromatic nitrogens is 2. The van der Waals surface area contributed by atoms with Crippen LogP contribution in [-0.4, -0.2) is 28.5 Å². The number of anilines is 2. The maximum absolute atomic E-state index is 12.9. The van der Waals surface area contributed by atoms with Crippen LogP contribution in [0.25, 0.3) is 22.8 Å². The second-order valence-electron chi connectivity index (χ2n) is 8.60. The summed E-state index contributed by atoms with van der Waals surface area (Å²) in [5.74, 6) is 0.214. The second-order valence-corrected chi connectivity index (χ2v) is 8.60. The monoisotopic (exact) mass is 452 g/mol. The molecule has 2 amide bonds. The van der Waals surface area contributed by atoms with Gasteiger partial charge in [-0.2, -0.15) is 4.98 Å². The zero-order valence-corrected chi connectivity index (χ0v) is 19.0. The van der Waals surface area contributed by atoms with Crippen LogP contribution in [0.1, 0.15) is 17.5 Å². The summed E-state index contributed by atoms with van der Waals surface area (Å²) in [6.07, 6.45) is 0.184. The Balaban J connectivity index is 1.28. The van der Waals surface area contributed by atoms with E-state index in [4.69, 9.17) is 4.52 Å². The predicted octanol–water partition coefficient (Wildman–Crippen LogP) is 5.01. The molecule has 3 aromatic carbocycles. The first kappa shape index (κ1) is 21.6. The van der Waals surface area contributed by atoms with Gasteiger partial charge in [-0.3, -0.25) is 9.59 Å². The molecule has 4 aromatic rings. The van der Waals surface area contributed by atoms with Gasteiger partial charge >= 0.3 is 0 Å². The first-order chi connectivity index (χ1) is 16.5. The maximum atomic E-state index is 12.9. The average molecular weight is 453 g/mol. The highest BCUT2D eigenvalue weighted by Gasteiger charge is 2.35. The van der Waals surface area contributed by atoms with E-state index in [1.165, 1.54) is 0 Å². The molecular weight excluding hydrogens is 428 g/mol. The highest BCUT2D eigenvalue weighted by atomic mass is 16.5. The standard InChI is InChI=1S/C27H24N4O3/c1-17-6-10-19(11-7-17)25-29-27(34-30-25)20-4-3-5-22(14-20)28-26(33)21-15-24(32)31(16-21)23-12-8-18(2)9-13-23/h3-14,21H,15-16H2,1-2H3,(H,28,33)/t21-/m1/s1. The van der Waals surface area contributed by atoms with E-state index in [0.717, 1.165) is 22.4 Å². The van der Waals surface area contributed by atoms with Crippen LogP contribution in [0.3, 0.4) is 0 Å². The van der Waals surface area contributed by atoms with Crippen LogP contribution < -0.4 is 10.2 Å². The molecule has 0 bridgehead atoms. The Labute approximate surface area is 197 Å². The molecule has 1 aliphatic heterocycles. The van der Waals surface area contributed by atoms with Gasteiger partial charge in [0.1, 0.15) is 0 Å². The molecule has 5 rings (SSSR count). The zero-order valence-electron chi connectivity index (χ0n) is 19.0. The average Bonchev–Trinajstić information content (AvgIpc) is 3.48. The first-order valence-electron chi connectivity index (χ1n) is 11.2. The minimum atomic E-state index is -0.422. The molecule has 2 heterocycles. The summed E-state index contributed by atoms with van der Waals surface area (Å²) in [5.41, 5.74) is 5.27. The van der Waals surface area contributed by atoms with Crippen LogP contribution in [0.4, 0.5) is 11.4 Å². The Morgan fingerprint density at radius 2 is 1.68 bits per heavy atom. The van der Waals surface area contributed by atoms with Gasteiger partial charge in [0.2, 0.25) is 17.6 Å². The highest BCUT2D eigenvalue weighted by Crippen LogP contribution is 2.28. The van der Waals surface area contributed by atoms with E-state index in [1.807, 2.05) is 74.5 Å². The van der Waals surface area contributed by atoms with Crippen LogP contribution in [0.5, 0.6) is 0 Å². The summed E-state index contributed by atoms with van der Waals surface area (Å²) in [7, 11) is 0. The van der Waals surface area contributed by atoms with E-state index in [9.17, 15) is 9.59 Å². The van der Waals surface area contributed by atoms with Crippen molar-refractivity contribution >= 4 is 23.2 Å². The van der Waals surface area contributed by atoms with Crippen molar-refractivity contribution < 1.29 is 14.1 Å². The van der Waals surface area contributed by atoms with Gasteiger partial charge in [-0.05, 0) is 44.2 Å². The van der Waals surface area contributed by atoms with Crippen LogP contribution in [-0.2, 0) is 9.59 Å². The van der Waals surface area contributed by atoms with E-state index in [-0.39, 0.29) is 18.2 Å². The topological polar surface area (TPSA) is 88.3 Å². The predicted molar refractivity (Wildman–Crippen MR) is 130 cm³/mol. The maximum Gasteiger partial charge on any atom is 0.258 e. The molecule has 1 atom stereocenters. The summed E-state index contributed by atoms with van der Waals surface area (Å²) >= 11 is 0. The molecule has 1 aliphatic rings. The molecule has 1 aromatic heterocycles.